The summed E-state index contributed by atoms with van der Waals surface area (Å²) in [5, 5.41) is 0.365. The Morgan fingerprint density at radius 1 is 1.67 bits per heavy atom. The van der Waals surface area contributed by atoms with E-state index in [-0.39, 0.29) is 5.82 Å². The molecule has 0 saturated heterocycles. The smallest absolute Gasteiger partial charge is 0.146 e. The number of pyridine rings is 1. The van der Waals surface area contributed by atoms with Crippen LogP contribution < -0.4 is 0 Å². The first-order valence-corrected chi connectivity index (χ1v) is 4.37. The molecule has 1 fully saturated rings. The summed E-state index contributed by atoms with van der Waals surface area (Å²) >= 11 is 5.58. The van der Waals surface area contributed by atoms with Gasteiger partial charge in [-0.05, 0) is 18.4 Å². The second-order valence-corrected chi connectivity index (χ2v) is 3.78. The average molecular weight is 186 g/mol. The lowest BCUT2D eigenvalue weighted by Crippen LogP contribution is -1.92. The topological polar surface area (TPSA) is 12.9 Å². The first kappa shape index (κ1) is 7.99. The van der Waals surface area contributed by atoms with Gasteiger partial charge in [0.25, 0.3) is 0 Å². The first-order valence-electron chi connectivity index (χ1n) is 3.99. The minimum absolute atomic E-state index is 0.267. The third-order valence-electron chi connectivity index (χ3n) is 2.30. The molecular weight excluding hydrogens is 177 g/mol. The highest BCUT2D eigenvalue weighted by Gasteiger charge is 2.37. The third kappa shape index (κ3) is 1.31. The van der Waals surface area contributed by atoms with Gasteiger partial charge in [0.05, 0.1) is 10.7 Å². The highest BCUT2D eigenvalue weighted by Crippen LogP contribution is 2.46. The van der Waals surface area contributed by atoms with Crippen molar-refractivity contribution in [3.8, 4) is 0 Å². The molecule has 1 aliphatic rings. The first-order chi connectivity index (χ1) is 5.68. The SMILES string of the molecule is C[C@H]1C[C@@H]1c1ncc(Cl)cc1F. The van der Waals surface area contributed by atoms with Crippen molar-refractivity contribution in [1.29, 1.82) is 0 Å². The standard InChI is InChI=1S/C9H9ClFN/c1-5-2-7(5)9-8(11)3-6(10)4-12-9/h3-5,7H,2H2,1H3/t5-,7-/m0/s1. The van der Waals surface area contributed by atoms with Crippen LogP contribution in [0.1, 0.15) is 25.0 Å². The van der Waals surface area contributed by atoms with Crippen LogP contribution in [0, 0.1) is 11.7 Å². The second-order valence-electron chi connectivity index (χ2n) is 3.34. The molecule has 0 aliphatic heterocycles. The highest BCUT2D eigenvalue weighted by atomic mass is 35.5. The number of rotatable bonds is 1. The number of nitrogens with zero attached hydrogens (tertiary/aromatic N) is 1. The number of hydrogen-bond donors (Lipinski definition) is 0. The molecule has 2 rings (SSSR count). The van der Waals surface area contributed by atoms with Crippen LogP contribution in [0.4, 0.5) is 4.39 Å². The fourth-order valence-corrected chi connectivity index (χ4v) is 1.55. The molecule has 0 radical (unpaired) electrons. The summed E-state index contributed by atoms with van der Waals surface area (Å²) in [6.07, 6.45) is 2.55. The Kier molecular flexibility index (Phi) is 1.80. The Labute approximate surface area is 75.6 Å². The van der Waals surface area contributed by atoms with Crippen LogP contribution in [-0.4, -0.2) is 4.98 Å². The Morgan fingerprint density at radius 2 is 2.33 bits per heavy atom. The largest absolute Gasteiger partial charge is 0.256 e. The van der Waals surface area contributed by atoms with E-state index in [1.807, 2.05) is 0 Å². The van der Waals surface area contributed by atoms with Crippen LogP contribution >= 0.6 is 11.6 Å². The van der Waals surface area contributed by atoms with E-state index in [9.17, 15) is 4.39 Å². The summed E-state index contributed by atoms with van der Waals surface area (Å²) in [5.41, 5.74) is 0.576. The fourth-order valence-electron chi connectivity index (χ4n) is 1.40. The van der Waals surface area contributed by atoms with Gasteiger partial charge in [-0.3, -0.25) is 4.98 Å². The maximum Gasteiger partial charge on any atom is 0.146 e. The van der Waals surface area contributed by atoms with Crippen molar-refractivity contribution in [2.24, 2.45) is 5.92 Å². The van der Waals surface area contributed by atoms with Crippen LogP contribution in [0.5, 0.6) is 0 Å². The van der Waals surface area contributed by atoms with Gasteiger partial charge in [-0.25, -0.2) is 4.39 Å². The van der Waals surface area contributed by atoms with Crippen molar-refractivity contribution in [2.75, 3.05) is 0 Å². The predicted molar refractivity (Wildman–Crippen MR) is 45.7 cm³/mol. The van der Waals surface area contributed by atoms with E-state index in [2.05, 4.69) is 11.9 Å². The van der Waals surface area contributed by atoms with Crippen molar-refractivity contribution in [3.05, 3.63) is 28.8 Å². The molecule has 0 unspecified atom stereocenters. The molecule has 64 valence electrons. The quantitative estimate of drug-likeness (QED) is 0.656. The maximum absolute atomic E-state index is 13.2. The molecule has 1 aromatic heterocycles. The second kappa shape index (κ2) is 2.70. The van der Waals surface area contributed by atoms with Crippen molar-refractivity contribution < 1.29 is 4.39 Å². The molecule has 1 saturated carbocycles. The lowest BCUT2D eigenvalue weighted by atomic mass is 10.2. The van der Waals surface area contributed by atoms with Gasteiger partial charge in [-0.15, -0.1) is 0 Å². The van der Waals surface area contributed by atoms with Gasteiger partial charge < -0.3 is 0 Å². The van der Waals surface area contributed by atoms with Crippen LogP contribution in [0.15, 0.2) is 12.3 Å². The predicted octanol–water partition coefficient (Wildman–Crippen LogP) is 3.00. The molecule has 12 heavy (non-hydrogen) atoms. The van der Waals surface area contributed by atoms with E-state index >= 15 is 0 Å². The molecule has 0 bridgehead atoms. The molecule has 1 nitrogen and oxygen atoms in total. The molecule has 3 heteroatoms. The lowest BCUT2D eigenvalue weighted by Gasteiger charge is -1.99. The Bertz CT molecular complexity index is 313. The Balaban J connectivity index is 2.33. The van der Waals surface area contributed by atoms with Gasteiger partial charge in [0.2, 0.25) is 0 Å². The van der Waals surface area contributed by atoms with Gasteiger partial charge in [0.15, 0.2) is 0 Å². The van der Waals surface area contributed by atoms with E-state index in [0.717, 1.165) is 6.42 Å². The van der Waals surface area contributed by atoms with Crippen molar-refractivity contribution in [3.63, 3.8) is 0 Å². The molecule has 1 heterocycles. The van der Waals surface area contributed by atoms with E-state index < -0.39 is 0 Å². The van der Waals surface area contributed by atoms with Gasteiger partial charge in [0, 0.05) is 12.1 Å². The van der Waals surface area contributed by atoms with Crippen molar-refractivity contribution in [1.82, 2.24) is 4.98 Å². The molecule has 1 aliphatic carbocycles. The molecule has 1 aromatic rings. The third-order valence-corrected chi connectivity index (χ3v) is 2.50. The van der Waals surface area contributed by atoms with Gasteiger partial charge >= 0.3 is 0 Å². The average Bonchev–Trinajstić information content (AvgIpc) is 2.66. The normalized spacial score (nSPS) is 27.2. The highest BCUT2D eigenvalue weighted by molar-refractivity contribution is 6.30. The summed E-state index contributed by atoms with van der Waals surface area (Å²) in [6, 6.07) is 1.33. The monoisotopic (exact) mass is 185 g/mol. The zero-order chi connectivity index (χ0) is 8.72. The number of hydrogen-bond acceptors (Lipinski definition) is 1. The van der Waals surface area contributed by atoms with Gasteiger partial charge in [-0.2, -0.15) is 0 Å². The van der Waals surface area contributed by atoms with Crippen molar-refractivity contribution in [2.45, 2.75) is 19.3 Å². The zero-order valence-electron chi connectivity index (χ0n) is 6.72. The molecule has 2 atom stereocenters. The number of halogens is 2. The van der Waals surface area contributed by atoms with Crippen LogP contribution in [0.2, 0.25) is 5.02 Å². The summed E-state index contributed by atoms with van der Waals surface area (Å²) in [7, 11) is 0. The lowest BCUT2D eigenvalue weighted by molar-refractivity contribution is 0.596. The summed E-state index contributed by atoms with van der Waals surface area (Å²) in [6.45, 7) is 2.10. The van der Waals surface area contributed by atoms with E-state index in [1.165, 1.54) is 12.3 Å². The molecule has 0 amide bonds. The summed E-state index contributed by atoms with van der Waals surface area (Å²) in [4.78, 5) is 3.98. The molecular formula is C9H9ClFN. The van der Waals surface area contributed by atoms with Gasteiger partial charge in [0.1, 0.15) is 5.82 Å². The zero-order valence-corrected chi connectivity index (χ0v) is 7.48. The molecule has 0 spiro atoms. The van der Waals surface area contributed by atoms with Crippen LogP contribution in [0.3, 0.4) is 0 Å². The van der Waals surface area contributed by atoms with Crippen LogP contribution in [0.25, 0.3) is 0 Å². The van der Waals surface area contributed by atoms with Crippen molar-refractivity contribution >= 4 is 11.6 Å². The Morgan fingerprint density at radius 3 is 2.83 bits per heavy atom. The van der Waals surface area contributed by atoms with Gasteiger partial charge in [-0.1, -0.05) is 18.5 Å². The fraction of sp³-hybridized carbons (Fsp3) is 0.444. The minimum Gasteiger partial charge on any atom is -0.256 e. The van der Waals surface area contributed by atoms with Crippen LogP contribution in [-0.2, 0) is 0 Å². The minimum atomic E-state index is -0.267. The van der Waals surface area contributed by atoms with E-state index in [0.29, 0.717) is 22.6 Å². The summed E-state index contributed by atoms with van der Waals surface area (Å²) < 4.78 is 13.2. The molecule has 0 N–H and O–H groups in total. The molecule has 0 aromatic carbocycles. The Hall–Kier alpha value is -0.630. The van der Waals surface area contributed by atoms with E-state index in [1.54, 1.807) is 0 Å². The number of aromatic nitrogens is 1. The van der Waals surface area contributed by atoms with E-state index in [4.69, 9.17) is 11.6 Å². The maximum atomic E-state index is 13.2. The summed E-state index contributed by atoms with van der Waals surface area (Å²) in [5.74, 6) is 0.632.